The van der Waals surface area contributed by atoms with Gasteiger partial charge in [0.2, 0.25) is 0 Å². The van der Waals surface area contributed by atoms with Crippen LogP contribution in [0.4, 0.5) is 0 Å². The van der Waals surface area contributed by atoms with Gasteiger partial charge in [-0.15, -0.1) is 0 Å². The van der Waals surface area contributed by atoms with Crippen LogP contribution in [0.3, 0.4) is 0 Å². The molecule has 2 atom stereocenters. The highest BCUT2D eigenvalue weighted by Gasteiger charge is 2.52. The van der Waals surface area contributed by atoms with Gasteiger partial charge in [-0.3, -0.25) is 4.79 Å². The molecule has 5 heteroatoms. The van der Waals surface area contributed by atoms with E-state index in [2.05, 4.69) is 17.9 Å². The zero-order valence-corrected chi connectivity index (χ0v) is 20.5. The van der Waals surface area contributed by atoms with Crippen LogP contribution in [0.15, 0.2) is 42.5 Å². The minimum Gasteiger partial charge on any atom is -0.467 e. The Morgan fingerprint density at radius 3 is 2.31 bits per heavy atom. The van der Waals surface area contributed by atoms with Crippen molar-refractivity contribution < 1.29 is 24.1 Å². The lowest BCUT2D eigenvalue weighted by molar-refractivity contribution is -0.150. The molecule has 2 aromatic rings. The van der Waals surface area contributed by atoms with Crippen molar-refractivity contribution >= 4 is 6.29 Å². The fraction of sp³-hybridized carbons (Fsp3) is 0.500. The molecule has 4 aliphatic rings. The van der Waals surface area contributed by atoms with E-state index >= 15 is 0 Å². The number of carbonyl (C=O) groups excluding carboxylic acids is 1. The second kappa shape index (κ2) is 10.1. The summed E-state index contributed by atoms with van der Waals surface area (Å²) in [5.74, 6) is 9.17. The second-order valence-corrected chi connectivity index (χ2v) is 10.6. The van der Waals surface area contributed by atoms with Crippen molar-refractivity contribution in [2.45, 2.75) is 63.3 Å². The molecule has 184 valence electrons. The van der Waals surface area contributed by atoms with Gasteiger partial charge in [-0.25, -0.2) is 0 Å². The van der Waals surface area contributed by atoms with Gasteiger partial charge in [-0.2, -0.15) is 0 Å². The molecule has 0 radical (unpaired) electrons. The summed E-state index contributed by atoms with van der Waals surface area (Å²) < 4.78 is 17.0. The molecule has 6 rings (SSSR count). The van der Waals surface area contributed by atoms with Gasteiger partial charge in [-0.1, -0.05) is 36.1 Å². The molecule has 0 saturated heterocycles. The molecular formula is C30H34O5. The number of methoxy groups -OCH3 is 1. The lowest BCUT2D eigenvalue weighted by Gasteiger charge is -2.57. The summed E-state index contributed by atoms with van der Waals surface area (Å²) in [5.41, 5.74) is 3.46. The highest BCUT2D eigenvalue weighted by atomic mass is 16.7. The van der Waals surface area contributed by atoms with Crippen LogP contribution < -0.4 is 4.74 Å². The van der Waals surface area contributed by atoms with Crippen LogP contribution in [0, 0.1) is 29.6 Å². The number of rotatable bonds is 8. The first kappa shape index (κ1) is 24.1. The van der Waals surface area contributed by atoms with Gasteiger partial charge in [0, 0.05) is 23.8 Å². The number of aliphatic hydroxyl groups excluding tert-OH is 1. The highest BCUT2D eigenvalue weighted by molar-refractivity contribution is 5.74. The molecule has 4 aliphatic carbocycles. The number of aliphatic hydroxyl groups is 1. The molecule has 1 N–H and O–H groups in total. The average molecular weight is 475 g/mol. The predicted molar refractivity (Wildman–Crippen MR) is 133 cm³/mol. The minimum absolute atomic E-state index is 0.0860. The molecule has 0 aliphatic heterocycles. The minimum atomic E-state index is -0.952. The highest BCUT2D eigenvalue weighted by Crippen LogP contribution is 2.62. The van der Waals surface area contributed by atoms with Crippen molar-refractivity contribution in [3.63, 3.8) is 0 Å². The standard InChI is InChI=1S/C30H34O5/c1-20(33-2)34-19-35-29-14-26(28(32)10-7-21-3-5-22(18-31)6-4-21)8-9-27(29)30-15-23-11-24(16-30)13-25(12-23)17-30/h3-6,8-9,14,18,20,23-25,28,32H,11-13,15-17,19H2,1-2H3. The summed E-state index contributed by atoms with van der Waals surface area (Å²) in [4.78, 5) is 10.9. The van der Waals surface area contributed by atoms with Crippen molar-refractivity contribution in [2.24, 2.45) is 17.8 Å². The summed E-state index contributed by atoms with van der Waals surface area (Å²) in [6, 6.07) is 13.1. The van der Waals surface area contributed by atoms with Crippen LogP contribution in [0.25, 0.3) is 0 Å². The van der Waals surface area contributed by atoms with Crippen molar-refractivity contribution in [1.82, 2.24) is 0 Å². The Hall–Kier alpha value is -2.65. The lowest BCUT2D eigenvalue weighted by atomic mass is 9.48. The second-order valence-electron chi connectivity index (χ2n) is 10.6. The fourth-order valence-corrected chi connectivity index (χ4v) is 6.85. The van der Waals surface area contributed by atoms with Gasteiger partial charge in [0.1, 0.15) is 18.1 Å². The number of hydrogen-bond donors (Lipinski definition) is 1. The zero-order chi connectivity index (χ0) is 24.4. The Morgan fingerprint density at radius 2 is 1.71 bits per heavy atom. The van der Waals surface area contributed by atoms with Crippen molar-refractivity contribution in [3.8, 4) is 17.6 Å². The Balaban J connectivity index is 1.41. The van der Waals surface area contributed by atoms with E-state index in [1.165, 1.54) is 44.1 Å². The maximum atomic E-state index is 10.9. The van der Waals surface area contributed by atoms with E-state index < -0.39 is 6.10 Å². The zero-order valence-electron chi connectivity index (χ0n) is 20.5. The number of benzene rings is 2. The number of aldehydes is 1. The number of hydrogen-bond acceptors (Lipinski definition) is 5. The third-order valence-corrected chi connectivity index (χ3v) is 8.18. The van der Waals surface area contributed by atoms with Gasteiger partial charge in [0.25, 0.3) is 0 Å². The van der Waals surface area contributed by atoms with Crippen molar-refractivity contribution in [1.29, 1.82) is 0 Å². The fourth-order valence-electron chi connectivity index (χ4n) is 6.85. The molecule has 2 unspecified atom stereocenters. The molecule has 35 heavy (non-hydrogen) atoms. The third-order valence-electron chi connectivity index (χ3n) is 8.18. The van der Waals surface area contributed by atoms with E-state index in [1.54, 1.807) is 31.4 Å². The summed E-state index contributed by atoms with van der Waals surface area (Å²) in [6.45, 7) is 1.92. The van der Waals surface area contributed by atoms with Crippen LogP contribution in [0.5, 0.6) is 5.75 Å². The summed E-state index contributed by atoms with van der Waals surface area (Å²) in [7, 11) is 1.60. The largest absolute Gasteiger partial charge is 0.467 e. The van der Waals surface area contributed by atoms with Crippen LogP contribution in [0.2, 0.25) is 0 Å². The van der Waals surface area contributed by atoms with Crippen molar-refractivity contribution in [2.75, 3.05) is 13.9 Å². The van der Waals surface area contributed by atoms with Gasteiger partial charge in [0.15, 0.2) is 13.1 Å². The van der Waals surface area contributed by atoms with E-state index in [9.17, 15) is 9.90 Å². The van der Waals surface area contributed by atoms with Crippen LogP contribution in [-0.2, 0) is 14.9 Å². The Labute approximate surface area is 207 Å². The summed E-state index contributed by atoms with van der Waals surface area (Å²) in [6.07, 6.45) is 7.31. The summed E-state index contributed by atoms with van der Waals surface area (Å²) in [5, 5.41) is 10.8. The lowest BCUT2D eigenvalue weighted by Crippen LogP contribution is -2.48. The van der Waals surface area contributed by atoms with Gasteiger partial charge < -0.3 is 19.3 Å². The molecule has 0 aromatic heterocycles. The SMILES string of the molecule is COC(C)OCOc1cc(C(O)C#Cc2ccc(C=O)cc2)ccc1C12CC3CC(CC(C3)C1)C2. The Kier molecular flexibility index (Phi) is 6.98. The van der Waals surface area contributed by atoms with Crippen molar-refractivity contribution in [3.05, 3.63) is 64.7 Å². The Morgan fingerprint density at radius 1 is 1.06 bits per heavy atom. The third kappa shape index (κ3) is 5.16. The maximum absolute atomic E-state index is 10.9. The molecular weight excluding hydrogens is 440 g/mol. The summed E-state index contributed by atoms with van der Waals surface area (Å²) >= 11 is 0. The van der Waals surface area contributed by atoms with Crippen LogP contribution in [0.1, 0.15) is 78.6 Å². The molecule has 5 nitrogen and oxygen atoms in total. The topological polar surface area (TPSA) is 65.0 Å². The first-order valence-corrected chi connectivity index (χ1v) is 12.6. The first-order valence-electron chi connectivity index (χ1n) is 12.6. The molecule has 0 spiro atoms. The molecule has 2 aromatic carbocycles. The molecule has 4 saturated carbocycles. The normalized spacial score (nSPS) is 28.1. The average Bonchev–Trinajstić information content (AvgIpc) is 2.86. The van der Waals surface area contributed by atoms with E-state index in [4.69, 9.17) is 14.2 Å². The van der Waals surface area contributed by atoms with E-state index in [0.29, 0.717) is 11.1 Å². The van der Waals surface area contributed by atoms with E-state index in [1.807, 2.05) is 19.1 Å². The monoisotopic (exact) mass is 474 g/mol. The number of carbonyl (C=O) groups is 1. The molecule has 0 amide bonds. The molecule has 0 heterocycles. The molecule has 4 bridgehead atoms. The number of ether oxygens (including phenoxy) is 3. The van der Waals surface area contributed by atoms with Crippen LogP contribution >= 0.6 is 0 Å². The smallest absolute Gasteiger partial charge is 0.191 e. The predicted octanol–water partition coefficient (Wildman–Crippen LogP) is 5.40. The Bertz CT molecular complexity index is 1070. The van der Waals surface area contributed by atoms with Crippen LogP contribution in [-0.4, -0.2) is 31.6 Å². The maximum Gasteiger partial charge on any atom is 0.191 e. The quantitative estimate of drug-likeness (QED) is 0.315. The molecule has 4 fully saturated rings. The first-order chi connectivity index (χ1) is 17.0. The van der Waals surface area contributed by atoms with Gasteiger partial charge in [0.05, 0.1) is 0 Å². The van der Waals surface area contributed by atoms with Gasteiger partial charge >= 0.3 is 0 Å². The van der Waals surface area contributed by atoms with E-state index in [-0.39, 0.29) is 18.5 Å². The van der Waals surface area contributed by atoms with E-state index in [0.717, 1.165) is 35.4 Å². The van der Waals surface area contributed by atoms with Gasteiger partial charge in [-0.05, 0) is 92.4 Å².